The lowest BCUT2D eigenvalue weighted by Gasteiger charge is -2.43. The third kappa shape index (κ3) is 4.96. The number of ether oxygens (including phenoxy) is 1. The van der Waals surface area contributed by atoms with Crippen molar-refractivity contribution in [3.05, 3.63) is 88.6 Å². The van der Waals surface area contributed by atoms with Crippen LogP contribution < -0.4 is 16.0 Å². The molecule has 1 spiro atoms. The van der Waals surface area contributed by atoms with Crippen LogP contribution >= 0.6 is 0 Å². The molecule has 11 heteroatoms. The van der Waals surface area contributed by atoms with Crippen LogP contribution in [0.2, 0.25) is 0 Å². The first-order valence-electron chi connectivity index (χ1n) is 14.6. The van der Waals surface area contributed by atoms with Gasteiger partial charge in [0, 0.05) is 43.3 Å². The van der Waals surface area contributed by atoms with Crippen molar-refractivity contribution in [3.8, 4) is 0 Å². The van der Waals surface area contributed by atoms with E-state index in [-0.39, 0.29) is 36.4 Å². The minimum Gasteiger partial charge on any atom is -0.381 e. The first kappa shape index (κ1) is 27.6. The topological polar surface area (TPSA) is 113 Å². The smallest absolute Gasteiger partial charge is 0.244 e. The Balaban J connectivity index is 1.11. The number of rotatable bonds is 5. The Morgan fingerprint density at radius 3 is 2.60 bits per heavy atom. The molecule has 2 unspecified atom stereocenters. The SMILES string of the molecule is O=C(CN1C(=O)C(C2CCOCC2)NC[C@H]1c1cc(F)cc(F)c1)Nc1ccc2c(c1)CC1(C2)C(=O)Nc2ncccc21. The molecule has 9 nitrogen and oxygen atoms in total. The molecular weight excluding hydrogens is 556 g/mol. The Kier molecular flexibility index (Phi) is 6.94. The number of amides is 3. The van der Waals surface area contributed by atoms with Crippen LogP contribution in [0, 0.1) is 17.6 Å². The number of anilines is 2. The van der Waals surface area contributed by atoms with Crippen molar-refractivity contribution >= 4 is 29.2 Å². The summed E-state index contributed by atoms with van der Waals surface area (Å²) in [6, 6.07) is 11.3. The Morgan fingerprint density at radius 2 is 1.81 bits per heavy atom. The largest absolute Gasteiger partial charge is 0.381 e. The van der Waals surface area contributed by atoms with Gasteiger partial charge in [0.05, 0.1) is 17.5 Å². The predicted octanol–water partition coefficient (Wildman–Crippen LogP) is 3.26. The van der Waals surface area contributed by atoms with E-state index in [2.05, 4.69) is 20.9 Å². The zero-order chi connectivity index (χ0) is 29.7. The fourth-order valence-corrected chi connectivity index (χ4v) is 7.14. The number of piperazine rings is 1. The number of fused-ring (bicyclic) bond motifs is 3. The highest BCUT2D eigenvalue weighted by molar-refractivity contribution is 6.06. The summed E-state index contributed by atoms with van der Waals surface area (Å²) in [7, 11) is 0. The van der Waals surface area contributed by atoms with Crippen LogP contribution in [0.5, 0.6) is 0 Å². The monoisotopic (exact) mass is 587 g/mol. The summed E-state index contributed by atoms with van der Waals surface area (Å²) in [4.78, 5) is 46.0. The van der Waals surface area contributed by atoms with Gasteiger partial charge < -0.3 is 25.6 Å². The minimum absolute atomic E-state index is 0.0363. The van der Waals surface area contributed by atoms with Crippen LogP contribution in [0.25, 0.3) is 0 Å². The Labute approximate surface area is 247 Å². The third-order valence-corrected chi connectivity index (χ3v) is 9.24. The predicted molar refractivity (Wildman–Crippen MR) is 153 cm³/mol. The maximum absolute atomic E-state index is 14.2. The lowest BCUT2D eigenvalue weighted by Crippen LogP contribution is -2.60. The van der Waals surface area contributed by atoms with Gasteiger partial charge in [-0.25, -0.2) is 13.8 Å². The van der Waals surface area contributed by atoms with Gasteiger partial charge in [-0.15, -0.1) is 0 Å². The van der Waals surface area contributed by atoms with Gasteiger partial charge in [-0.1, -0.05) is 12.1 Å². The average molecular weight is 588 g/mol. The van der Waals surface area contributed by atoms with Crippen molar-refractivity contribution in [2.75, 3.05) is 36.9 Å². The summed E-state index contributed by atoms with van der Waals surface area (Å²) in [5.74, 6) is -1.66. The highest BCUT2D eigenvalue weighted by Crippen LogP contribution is 2.47. The maximum Gasteiger partial charge on any atom is 0.244 e. The van der Waals surface area contributed by atoms with Crippen LogP contribution in [-0.4, -0.2) is 60.0 Å². The standard InChI is InChI=1S/C32H31F2N5O4/c33-22-10-20(11-23(34)13-22)26-16-36-28(18-5-8-43-9-6-18)30(41)39(26)17-27(40)37-24-4-3-19-14-32(15-21(19)12-24)25-2-1-7-35-29(25)38-31(32)42/h1-4,7,10-13,18,26,28,36H,5-6,8-9,14-17H2,(H,37,40)(H,35,38,42)/t26-,28?,32?/m0/s1. The Bertz CT molecular complexity index is 1610. The maximum atomic E-state index is 14.2. The summed E-state index contributed by atoms with van der Waals surface area (Å²) in [6.45, 7) is 1.08. The molecule has 0 radical (unpaired) electrons. The number of nitrogens with zero attached hydrogens (tertiary/aromatic N) is 2. The summed E-state index contributed by atoms with van der Waals surface area (Å²) < 4.78 is 33.8. The molecule has 1 aromatic heterocycles. The molecule has 1 aliphatic carbocycles. The van der Waals surface area contributed by atoms with Gasteiger partial charge in [-0.05, 0) is 78.6 Å². The number of carbonyl (C=O) groups excluding carboxylic acids is 3. The van der Waals surface area contributed by atoms with Gasteiger partial charge in [0.25, 0.3) is 0 Å². The van der Waals surface area contributed by atoms with Crippen LogP contribution in [0.15, 0.2) is 54.7 Å². The minimum atomic E-state index is -0.747. The lowest BCUT2D eigenvalue weighted by atomic mass is 9.79. The van der Waals surface area contributed by atoms with Crippen molar-refractivity contribution in [2.24, 2.45) is 5.92 Å². The van der Waals surface area contributed by atoms with E-state index in [1.807, 2.05) is 24.3 Å². The van der Waals surface area contributed by atoms with E-state index in [9.17, 15) is 23.2 Å². The Morgan fingerprint density at radius 1 is 1.05 bits per heavy atom. The van der Waals surface area contributed by atoms with Crippen molar-refractivity contribution in [2.45, 2.75) is 43.2 Å². The van der Waals surface area contributed by atoms with E-state index in [1.165, 1.54) is 17.0 Å². The van der Waals surface area contributed by atoms with Crippen molar-refractivity contribution < 1.29 is 27.9 Å². The van der Waals surface area contributed by atoms with Gasteiger partial charge in [0.15, 0.2) is 0 Å². The molecule has 3 atom stereocenters. The average Bonchev–Trinajstić information content (AvgIpc) is 3.50. The highest BCUT2D eigenvalue weighted by atomic mass is 19.1. The van der Waals surface area contributed by atoms with Gasteiger partial charge in [0.1, 0.15) is 24.0 Å². The van der Waals surface area contributed by atoms with Gasteiger partial charge in [-0.3, -0.25) is 14.4 Å². The van der Waals surface area contributed by atoms with E-state index in [1.54, 1.807) is 12.3 Å². The molecule has 43 heavy (non-hydrogen) atoms. The van der Waals surface area contributed by atoms with E-state index >= 15 is 0 Å². The molecule has 2 fully saturated rings. The zero-order valence-corrected chi connectivity index (χ0v) is 23.4. The number of hydrogen-bond acceptors (Lipinski definition) is 6. The quantitative estimate of drug-likeness (QED) is 0.423. The lowest BCUT2D eigenvalue weighted by molar-refractivity contribution is -0.144. The molecule has 3 N–H and O–H groups in total. The van der Waals surface area contributed by atoms with Crippen molar-refractivity contribution in [1.29, 1.82) is 0 Å². The number of halogens is 2. The first-order valence-corrected chi connectivity index (χ1v) is 14.6. The number of aromatic nitrogens is 1. The molecule has 4 heterocycles. The molecule has 0 saturated carbocycles. The van der Waals surface area contributed by atoms with Crippen LogP contribution in [-0.2, 0) is 37.4 Å². The Hall–Kier alpha value is -4.22. The molecule has 3 amide bonds. The number of pyridine rings is 1. The van der Waals surface area contributed by atoms with E-state index in [0.29, 0.717) is 50.4 Å². The van der Waals surface area contributed by atoms with Gasteiger partial charge in [0.2, 0.25) is 17.7 Å². The fraction of sp³-hybridized carbons (Fsp3) is 0.375. The van der Waals surface area contributed by atoms with Crippen molar-refractivity contribution in [3.63, 3.8) is 0 Å². The van der Waals surface area contributed by atoms with Crippen LogP contribution in [0.4, 0.5) is 20.3 Å². The second-order valence-electron chi connectivity index (χ2n) is 11.8. The summed E-state index contributed by atoms with van der Waals surface area (Å²) in [5, 5.41) is 9.08. The fourth-order valence-electron chi connectivity index (χ4n) is 7.14. The first-order chi connectivity index (χ1) is 20.8. The summed E-state index contributed by atoms with van der Waals surface area (Å²) in [6.07, 6.45) is 4.08. The zero-order valence-electron chi connectivity index (χ0n) is 23.4. The highest BCUT2D eigenvalue weighted by Gasteiger charge is 2.51. The van der Waals surface area contributed by atoms with Crippen LogP contribution in [0.1, 0.15) is 41.1 Å². The number of carbonyl (C=O) groups is 3. The number of benzene rings is 2. The van der Waals surface area contributed by atoms with Gasteiger partial charge in [-0.2, -0.15) is 0 Å². The summed E-state index contributed by atoms with van der Waals surface area (Å²) in [5.41, 5.74) is 2.95. The van der Waals surface area contributed by atoms with Crippen LogP contribution in [0.3, 0.4) is 0 Å². The van der Waals surface area contributed by atoms with Gasteiger partial charge >= 0.3 is 0 Å². The molecule has 4 aliphatic rings. The molecule has 222 valence electrons. The molecule has 3 aromatic rings. The normalized spacial score (nSPS) is 25.0. The molecule has 7 rings (SSSR count). The van der Waals surface area contributed by atoms with E-state index < -0.39 is 35.0 Å². The van der Waals surface area contributed by atoms with E-state index in [0.717, 1.165) is 22.8 Å². The van der Waals surface area contributed by atoms with Crippen molar-refractivity contribution in [1.82, 2.24) is 15.2 Å². The summed E-state index contributed by atoms with van der Waals surface area (Å²) >= 11 is 0. The molecule has 0 bridgehead atoms. The second kappa shape index (κ2) is 10.8. The third-order valence-electron chi connectivity index (χ3n) is 9.24. The molecule has 2 saturated heterocycles. The number of nitrogens with one attached hydrogen (secondary N) is 3. The second-order valence-corrected chi connectivity index (χ2v) is 11.8. The molecule has 2 aromatic carbocycles. The number of hydrogen-bond donors (Lipinski definition) is 3. The molecule has 3 aliphatic heterocycles. The molecular formula is C32H31F2N5O4. The van der Waals surface area contributed by atoms with E-state index in [4.69, 9.17) is 4.74 Å².